The lowest BCUT2D eigenvalue weighted by Crippen LogP contribution is -2.49. The highest BCUT2D eigenvalue weighted by molar-refractivity contribution is 7.81. The van der Waals surface area contributed by atoms with Crippen molar-refractivity contribution >= 4 is 34.6 Å². The molecule has 1 unspecified atom stereocenters. The Morgan fingerprint density at radius 3 is 2.75 bits per heavy atom. The number of thiocarbonyl (C=S) groups is 2. The highest BCUT2D eigenvalue weighted by Gasteiger charge is 2.34. The average molecular weight is 203 g/mol. The van der Waals surface area contributed by atoms with Crippen LogP contribution in [-0.2, 0) is 4.74 Å². The molecule has 4 heteroatoms. The van der Waals surface area contributed by atoms with Gasteiger partial charge >= 0.3 is 0 Å². The Kier molecular flexibility index (Phi) is 3.01. The van der Waals surface area contributed by atoms with Gasteiger partial charge in [-0.15, -0.1) is 0 Å². The van der Waals surface area contributed by atoms with E-state index in [9.17, 15) is 0 Å². The van der Waals surface area contributed by atoms with Crippen molar-refractivity contribution in [1.29, 1.82) is 0 Å². The second-order valence-corrected chi connectivity index (χ2v) is 4.12. The van der Waals surface area contributed by atoms with Gasteiger partial charge in [-0.1, -0.05) is 25.6 Å². The van der Waals surface area contributed by atoms with Crippen molar-refractivity contribution in [3.05, 3.63) is 0 Å². The summed E-state index contributed by atoms with van der Waals surface area (Å²) in [6, 6.07) is 0. The predicted molar refractivity (Wildman–Crippen MR) is 57.3 cm³/mol. The summed E-state index contributed by atoms with van der Waals surface area (Å²) >= 11 is 10.1. The molecule has 2 nitrogen and oxygen atoms in total. The van der Waals surface area contributed by atoms with Gasteiger partial charge in [-0.3, -0.25) is 0 Å². The first kappa shape index (κ1) is 9.86. The van der Waals surface area contributed by atoms with Crippen molar-refractivity contribution in [2.24, 2.45) is 5.41 Å². The molecule has 1 atom stereocenters. The molecule has 0 bridgehead atoms. The molecule has 0 spiro atoms. The van der Waals surface area contributed by atoms with Crippen LogP contribution in [0.15, 0.2) is 0 Å². The van der Waals surface area contributed by atoms with Crippen LogP contribution in [0.1, 0.15) is 26.7 Å². The molecule has 0 amide bonds. The monoisotopic (exact) mass is 203 g/mol. The van der Waals surface area contributed by atoms with E-state index in [0.29, 0.717) is 11.8 Å². The highest BCUT2D eigenvalue weighted by atomic mass is 32.1. The Labute approximate surface area is 83.7 Å². The van der Waals surface area contributed by atoms with Gasteiger partial charge in [0.25, 0.3) is 5.17 Å². The van der Waals surface area contributed by atoms with Crippen molar-refractivity contribution in [3.8, 4) is 0 Å². The molecule has 0 aromatic heterocycles. The van der Waals surface area contributed by atoms with Gasteiger partial charge in [-0.05, 0) is 25.6 Å². The molecule has 0 radical (unpaired) electrons. The number of rotatable bonds is 2. The molecule has 0 aromatic rings. The highest BCUT2D eigenvalue weighted by Crippen LogP contribution is 2.27. The average Bonchev–Trinajstić information content (AvgIpc) is 1.99. The summed E-state index contributed by atoms with van der Waals surface area (Å²) in [5, 5.41) is 3.31. The molecule has 1 aliphatic heterocycles. The fourth-order valence-corrected chi connectivity index (χ4v) is 1.79. The van der Waals surface area contributed by atoms with Crippen LogP contribution in [0.25, 0.3) is 0 Å². The third-order valence-electron chi connectivity index (χ3n) is 2.09. The van der Waals surface area contributed by atoms with Crippen LogP contribution in [0.3, 0.4) is 0 Å². The number of nitrogens with one attached hydrogen (secondary N) is 1. The van der Waals surface area contributed by atoms with Crippen molar-refractivity contribution in [1.82, 2.24) is 5.32 Å². The number of hydrogen-bond donors (Lipinski definition) is 1. The molecule has 1 heterocycles. The topological polar surface area (TPSA) is 21.3 Å². The van der Waals surface area contributed by atoms with Crippen LogP contribution in [0.5, 0.6) is 0 Å². The maximum Gasteiger partial charge on any atom is 0.261 e. The van der Waals surface area contributed by atoms with Gasteiger partial charge in [0.1, 0.15) is 6.61 Å². The summed E-state index contributed by atoms with van der Waals surface area (Å²) in [5.41, 5.74) is -0.0214. The fraction of sp³-hybridized carbons (Fsp3) is 0.750. The summed E-state index contributed by atoms with van der Waals surface area (Å²) in [6.07, 6.45) is 2.15. The van der Waals surface area contributed by atoms with Gasteiger partial charge in [0, 0.05) is 0 Å². The normalized spacial score (nSPS) is 29.5. The zero-order valence-electron chi connectivity index (χ0n) is 7.35. The fourth-order valence-electron chi connectivity index (χ4n) is 1.31. The van der Waals surface area contributed by atoms with Crippen LogP contribution >= 0.6 is 24.4 Å². The number of hydrogen-bond acceptors (Lipinski definition) is 3. The largest absolute Gasteiger partial charge is 0.470 e. The Morgan fingerprint density at radius 1 is 1.58 bits per heavy atom. The molecule has 12 heavy (non-hydrogen) atoms. The maximum atomic E-state index is 5.25. The minimum atomic E-state index is -0.0214. The van der Waals surface area contributed by atoms with Crippen LogP contribution in [0.4, 0.5) is 0 Å². The Balaban J connectivity index is 2.66. The predicted octanol–water partition coefficient (Wildman–Crippen LogP) is 2.02. The standard InChI is InChI=1S/C8H13NOS2/c1-3-4-8(2)5-10-7(12)9-6(8)11/h3-5H2,1-2H3,(H,9,11,12). The molecule has 1 N–H and O–H groups in total. The molecular formula is C8H13NOS2. The van der Waals surface area contributed by atoms with E-state index in [1.807, 2.05) is 0 Å². The molecule has 68 valence electrons. The molecule has 0 aromatic carbocycles. The first-order valence-corrected chi connectivity index (χ1v) is 4.88. The van der Waals surface area contributed by atoms with E-state index < -0.39 is 0 Å². The minimum Gasteiger partial charge on any atom is -0.470 e. The quantitative estimate of drug-likeness (QED) is 0.693. The first-order chi connectivity index (χ1) is 5.58. The third-order valence-corrected chi connectivity index (χ3v) is 2.90. The Bertz CT molecular complexity index is 217. The van der Waals surface area contributed by atoms with Gasteiger partial charge < -0.3 is 10.1 Å². The van der Waals surface area contributed by atoms with E-state index in [1.54, 1.807) is 0 Å². The van der Waals surface area contributed by atoms with E-state index >= 15 is 0 Å². The van der Waals surface area contributed by atoms with Crippen molar-refractivity contribution in [2.45, 2.75) is 26.7 Å². The van der Waals surface area contributed by atoms with E-state index in [4.69, 9.17) is 29.2 Å². The molecule has 1 aliphatic rings. The van der Waals surface area contributed by atoms with Crippen molar-refractivity contribution in [2.75, 3.05) is 6.61 Å². The SMILES string of the molecule is CCCC1(C)COC(=S)NC1=S. The molecule has 1 rings (SSSR count). The lowest BCUT2D eigenvalue weighted by atomic mass is 9.86. The van der Waals surface area contributed by atoms with Crippen molar-refractivity contribution < 1.29 is 4.74 Å². The smallest absolute Gasteiger partial charge is 0.261 e. The van der Waals surface area contributed by atoms with E-state index in [0.717, 1.165) is 17.8 Å². The van der Waals surface area contributed by atoms with Gasteiger partial charge in [0.05, 0.1) is 10.4 Å². The van der Waals surface area contributed by atoms with Gasteiger partial charge in [0.15, 0.2) is 0 Å². The summed E-state index contributed by atoms with van der Waals surface area (Å²) in [6.45, 7) is 4.86. The van der Waals surface area contributed by atoms with Crippen molar-refractivity contribution in [3.63, 3.8) is 0 Å². The second-order valence-electron chi connectivity index (χ2n) is 3.34. The maximum absolute atomic E-state index is 5.25. The van der Waals surface area contributed by atoms with E-state index in [1.165, 1.54) is 0 Å². The lowest BCUT2D eigenvalue weighted by Gasteiger charge is -2.34. The van der Waals surface area contributed by atoms with Crippen LogP contribution < -0.4 is 5.32 Å². The third kappa shape index (κ3) is 1.93. The van der Waals surface area contributed by atoms with Gasteiger partial charge in [-0.2, -0.15) is 0 Å². The summed E-state index contributed by atoms with van der Waals surface area (Å²) in [5.74, 6) is 0. The van der Waals surface area contributed by atoms with E-state index in [2.05, 4.69) is 19.2 Å². The Hall–Kier alpha value is -0.220. The zero-order chi connectivity index (χ0) is 9.19. The summed E-state index contributed by atoms with van der Waals surface area (Å²) in [7, 11) is 0. The molecule has 1 fully saturated rings. The van der Waals surface area contributed by atoms with Gasteiger partial charge in [0.2, 0.25) is 0 Å². The molecule has 0 aliphatic carbocycles. The molecular weight excluding hydrogens is 190 g/mol. The second kappa shape index (κ2) is 3.66. The van der Waals surface area contributed by atoms with Crippen LogP contribution in [-0.4, -0.2) is 16.8 Å². The minimum absolute atomic E-state index is 0.0214. The molecule has 1 saturated heterocycles. The zero-order valence-corrected chi connectivity index (χ0v) is 8.98. The number of ether oxygens (including phenoxy) is 1. The summed E-state index contributed by atoms with van der Waals surface area (Å²) in [4.78, 5) is 0.820. The molecule has 0 saturated carbocycles. The lowest BCUT2D eigenvalue weighted by molar-refractivity contribution is 0.184. The Morgan fingerprint density at radius 2 is 2.25 bits per heavy atom. The van der Waals surface area contributed by atoms with E-state index in [-0.39, 0.29) is 5.41 Å². The van der Waals surface area contributed by atoms with Crippen LogP contribution in [0, 0.1) is 5.41 Å². The summed E-state index contributed by atoms with van der Waals surface area (Å²) < 4.78 is 5.25. The van der Waals surface area contributed by atoms with Gasteiger partial charge in [-0.25, -0.2) is 0 Å². The van der Waals surface area contributed by atoms with Crippen LogP contribution in [0.2, 0.25) is 0 Å². The first-order valence-electron chi connectivity index (χ1n) is 4.07.